The van der Waals surface area contributed by atoms with E-state index in [1.807, 2.05) is 6.07 Å². The quantitative estimate of drug-likeness (QED) is 0.820. The van der Waals surface area contributed by atoms with Crippen LogP contribution in [0.15, 0.2) is 36.5 Å². The molecular weight excluding hydrogens is 226 g/mol. The van der Waals surface area contributed by atoms with Crippen molar-refractivity contribution in [2.75, 3.05) is 13.7 Å². The maximum absolute atomic E-state index is 5.09. The van der Waals surface area contributed by atoms with Gasteiger partial charge < -0.3 is 10.1 Å². The predicted octanol–water partition coefficient (Wildman–Crippen LogP) is 2.20. The van der Waals surface area contributed by atoms with E-state index in [1.165, 1.54) is 5.56 Å². The fourth-order valence-electron chi connectivity index (χ4n) is 1.82. The van der Waals surface area contributed by atoms with Crippen LogP contribution in [0.4, 0.5) is 0 Å². The van der Waals surface area contributed by atoms with E-state index in [0.717, 1.165) is 24.4 Å². The molecule has 18 heavy (non-hydrogen) atoms. The van der Waals surface area contributed by atoms with Crippen molar-refractivity contribution < 1.29 is 4.74 Å². The van der Waals surface area contributed by atoms with Gasteiger partial charge in [-0.15, -0.1) is 0 Å². The summed E-state index contributed by atoms with van der Waals surface area (Å²) in [6, 6.07) is 10.8. The first-order chi connectivity index (χ1) is 8.79. The molecule has 0 aliphatic carbocycles. The first-order valence-electron chi connectivity index (χ1n) is 6.10. The number of hydrogen-bond acceptors (Lipinski definition) is 3. The smallest absolute Gasteiger partial charge is 0.0650 e. The van der Waals surface area contributed by atoms with Gasteiger partial charge in [0.2, 0.25) is 0 Å². The lowest BCUT2D eigenvalue weighted by Crippen LogP contribution is -2.29. The van der Waals surface area contributed by atoms with E-state index in [9.17, 15) is 0 Å². The number of methoxy groups -OCH3 is 1. The number of nitrogens with one attached hydrogen (secondary N) is 2. The lowest BCUT2D eigenvalue weighted by atomic mass is 10.1. The zero-order valence-corrected chi connectivity index (χ0v) is 10.8. The topological polar surface area (TPSA) is 49.9 Å². The van der Waals surface area contributed by atoms with Crippen LogP contribution in [0, 0.1) is 0 Å². The van der Waals surface area contributed by atoms with Crippen LogP contribution in [-0.2, 0) is 11.3 Å². The lowest BCUT2D eigenvalue weighted by Gasteiger charge is -2.12. The summed E-state index contributed by atoms with van der Waals surface area (Å²) in [5, 5.41) is 10.3. The highest BCUT2D eigenvalue weighted by Crippen LogP contribution is 2.16. The molecule has 0 saturated heterocycles. The van der Waals surface area contributed by atoms with Crippen LogP contribution in [0.1, 0.15) is 12.5 Å². The summed E-state index contributed by atoms with van der Waals surface area (Å²) in [5.41, 5.74) is 3.46. The minimum absolute atomic E-state index is 0.363. The van der Waals surface area contributed by atoms with Crippen molar-refractivity contribution in [3.63, 3.8) is 0 Å². The van der Waals surface area contributed by atoms with E-state index in [0.29, 0.717) is 6.04 Å². The maximum Gasteiger partial charge on any atom is 0.0650 e. The van der Waals surface area contributed by atoms with Gasteiger partial charge >= 0.3 is 0 Å². The van der Waals surface area contributed by atoms with E-state index in [1.54, 1.807) is 13.3 Å². The predicted molar refractivity (Wildman–Crippen MR) is 72.2 cm³/mol. The Bertz CT molecular complexity index is 450. The fraction of sp³-hybridized carbons (Fsp3) is 0.357. The normalized spacial score (nSPS) is 12.6. The third kappa shape index (κ3) is 3.42. The summed E-state index contributed by atoms with van der Waals surface area (Å²) >= 11 is 0. The molecule has 2 aromatic rings. The summed E-state index contributed by atoms with van der Waals surface area (Å²) in [5.74, 6) is 0. The Hall–Kier alpha value is -1.65. The Balaban J connectivity index is 1.92. The molecule has 96 valence electrons. The molecule has 1 aromatic carbocycles. The van der Waals surface area contributed by atoms with Crippen LogP contribution < -0.4 is 5.32 Å². The summed E-state index contributed by atoms with van der Waals surface area (Å²) in [6.07, 6.45) is 1.76. The second kappa shape index (κ2) is 6.33. The fourth-order valence-corrected chi connectivity index (χ4v) is 1.82. The number of benzene rings is 1. The average molecular weight is 245 g/mol. The number of aromatic nitrogens is 2. The first kappa shape index (κ1) is 12.8. The Morgan fingerprint density at radius 3 is 2.67 bits per heavy atom. The molecule has 1 heterocycles. The molecular formula is C14H19N3O. The largest absolute Gasteiger partial charge is 0.383 e. The number of aromatic amines is 1. The highest BCUT2D eigenvalue weighted by atomic mass is 16.5. The number of H-pyrrole nitrogens is 1. The Morgan fingerprint density at radius 2 is 2.06 bits per heavy atom. The summed E-state index contributed by atoms with van der Waals surface area (Å²) in [4.78, 5) is 0. The highest BCUT2D eigenvalue weighted by Gasteiger charge is 2.02. The van der Waals surface area contributed by atoms with Gasteiger partial charge in [0.05, 0.1) is 12.3 Å². The van der Waals surface area contributed by atoms with E-state index >= 15 is 0 Å². The van der Waals surface area contributed by atoms with Crippen molar-refractivity contribution in [3.8, 4) is 11.3 Å². The van der Waals surface area contributed by atoms with Crippen molar-refractivity contribution in [3.05, 3.63) is 42.1 Å². The molecule has 0 fully saturated rings. The van der Waals surface area contributed by atoms with Gasteiger partial charge in [-0.05, 0) is 24.1 Å². The summed E-state index contributed by atoms with van der Waals surface area (Å²) in [6.45, 7) is 3.70. The van der Waals surface area contributed by atoms with E-state index in [-0.39, 0.29) is 0 Å². The average Bonchev–Trinajstić information content (AvgIpc) is 2.91. The van der Waals surface area contributed by atoms with Crippen LogP contribution >= 0.6 is 0 Å². The molecule has 0 aliphatic rings. The van der Waals surface area contributed by atoms with Gasteiger partial charge in [-0.3, -0.25) is 5.10 Å². The molecule has 0 unspecified atom stereocenters. The Labute approximate surface area is 107 Å². The van der Waals surface area contributed by atoms with Crippen molar-refractivity contribution in [2.45, 2.75) is 19.5 Å². The third-order valence-corrected chi connectivity index (χ3v) is 2.84. The van der Waals surface area contributed by atoms with Crippen LogP contribution in [-0.4, -0.2) is 30.0 Å². The zero-order valence-electron chi connectivity index (χ0n) is 10.8. The van der Waals surface area contributed by atoms with Crippen LogP contribution in [0.2, 0.25) is 0 Å². The Morgan fingerprint density at radius 1 is 1.28 bits per heavy atom. The number of rotatable bonds is 6. The van der Waals surface area contributed by atoms with Gasteiger partial charge in [-0.25, -0.2) is 0 Å². The minimum atomic E-state index is 0.363. The molecule has 0 aliphatic heterocycles. The molecule has 0 saturated carbocycles. The molecule has 0 radical (unpaired) electrons. The molecule has 0 spiro atoms. The molecule has 1 atom stereocenters. The van der Waals surface area contributed by atoms with E-state index < -0.39 is 0 Å². The molecule has 0 bridgehead atoms. The SMILES string of the molecule is COC[C@@H](C)NCc1ccc(-c2ccn[nH]2)cc1. The van der Waals surface area contributed by atoms with Gasteiger partial charge in [0, 0.05) is 25.9 Å². The molecule has 0 amide bonds. The lowest BCUT2D eigenvalue weighted by molar-refractivity contribution is 0.171. The van der Waals surface area contributed by atoms with E-state index in [4.69, 9.17) is 4.74 Å². The van der Waals surface area contributed by atoms with Crippen molar-refractivity contribution in [1.29, 1.82) is 0 Å². The number of hydrogen-bond donors (Lipinski definition) is 2. The van der Waals surface area contributed by atoms with E-state index in [2.05, 4.69) is 46.7 Å². The second-order valence-electron chi connectivity index (χ2n) is 4.40. The maximum atomic E-state index is 5.09. The van der Waals surface area contributed by atoms with Crippen LogP contribution in [0.3, 0.4) is 0 Å². The van der Waals surface area contributed by atoms with Crippen molar-refractivity contribution in [1.82, 2.24) is 15.5 Å². The Kier molecular flexibility index (Phi) is 4.50. The summed E-state index contributed by atoms with van der Waals surface area (Å²) < 4.78 is 5.09. The molecule has 1 aromatic heterocycles. The highest BCUT2D eigenvalue weighted by molar-refractivity contribution is 5.58. The van der Waals surface area contributed by atoms with Gasteiger partial charge in [0.25, 0.3) is 0 Å². The number of nitrogens with zero attached hydrogens (tertiary/aromatic N) is 1. The molecule has 2 N–H and O–H groups in total. The van der Waals surface area contributed by atoms with Gasteiger partial charge in [-0.2, -0.15) is 5.10 Å². The molecule has 2 rings (SSSR count). The van der Waals surface area contributed by atoms with Crippen LogP contribution in [0.5, 0.6) is 0 Å². The monoisotopic (exact) mass is 245 g/mol. The minimum Gasteiger partial charge on any atom is -0.383 e. The van der Waals surface area contributed by atoms with Crippen molar-refractivity contribution >= 4 is 0 Å². The second-order valence-corrected chi connectivity index (χ2v) is 4.40. The third-order valence-electron chi connectivity index (χ3n) is 2.84. The van der Waals surface area contributed by atoms with Gasteiger partial charge in [0.1, 0.15) is 0 Å². The standard InChI is InChI=1S/C14H19N3O/c1-11(10-18-2)15-9-12-3-5-13(6-4-12)14-7-8-16-17-14/h3-8,11,15H,9-10H2,1-2H3,(H,16,17)/t11-/m1/s1. The summed E-state index contributed by atoms with van der Waals surface area (Å²) in [7, 11) is 1.72. The zero-order chi connectivity index (χ0) is 12.8. The van der Waals surface area contributed by atoms with Crippen molar-refractivity contribution in [2.24, 2.45) is 0 Å². The van der Waals surface area contributed by atoms with Crippen LogP contribution in [0.25, 0.3) is 11.3 Å². The molecule has 4 heteroatoms. The van der Waals surface area contributed by atoms with Gasteiger partial charge in [0.15, 0.2) is 0 Å². The first-order valence-corrected chi connectivity index (χ1v) is 6.10. The number of ether oxygens (including phenoxy) is 1. The molecule has 4 nitrogen and oxygen atoms in total. The van der Waals surface area contributed by atoms with Gasteiger partial charge in [-0.1, -0.05) is 24.3 Å².